The third kappa shape index (κ3) is 8.98. The van der Waals surface area contributed by atoms with Gasteiger partial charge in [0.05, 0.1) is 17.9 Å². The number of carboxylic acid groups (broad SMARTS) is 3. The molecule has 0 N–H and O–H groups in total. The van der Waals surface area contributed by atoms with Crippen LogP contribution in [0.3, 0.4) is 0 Å². The van der Waals surface area contributed by atoms with E-state index in [-0.39, 0.29) is 17.1 Å². The van der Waals surface area contributed by atoms with Crippen molar-refractivity contribution in [1.82, 2.24) is 4.90 Å². The largest absolute Gasteiger partial charge is 4.00 e. The molecule has 0 aliphatic carbocycles. The van der Waals surface area contributed by atoms with E-state index in [1.807, 2.05) is 0 Å². The molecule has 0 aromatic rings. The van der Waals surface area contributed by atoms with Gasteiger partial charge in [0.25, 0.3) is 0 Å². The Bertz CT molecular complexity index is 192. The van der Waals surface area contributed by atoms with E-state index in [4.69, 9.17) is 0 Å². The summed E-state index contributed by atoms with van der Waals surface area (Å²) in [6.07, 6.45) is 0. The van der Waals surface area contributed by atoms with Crippen LogP contribution in [0.15, 0.2) is 0 Å². The van der Waals surface area contributed by atoms with Crippen LogP contribution >= 0.6 is 0 Å². The molecule has 0 aromatic carbocycles. The Balaban J connectivity index is 0. The van der Waals surface area contributed by atoms with Gasteiger partial charge in [-0.1, -0.05) is 0 Å². The first-order chi connectivity index (χ1) is 5.91. The summed E-state index contributed by atoms with van der Waals surface area (Å²) in [5.41, 5.74) is 0. The van der Waals surface area contributed by atoms with Gasteiger partial charge in [-0.3, -0.25) is 4.90 Å². The minimum absolute atomic E-state index is 0. The van der Waals surface area contributed by atoms with E-state index in [1.54, 1.807) is 0 Å². The molecule has 78 valence electrons. The Labute approximate surface area is 89.8 Å². The molecule has 7 nitrogen and oxygen atoms in total. The van der Waals surface area contributed by atoms with Crippen molar-refractivity contribution < 1.29 is 46.8 Å². The molecular formula is C6H6FeNO6+. The fraction of sp³-hybridized carbons (Fsp3) is 0.500. The smallest absolute Gasteiger partial charge is 0.549 e. The maximum Gasteiger partial charge on any atom is 4.00 e. The van der Waals surface area contributed by atoms with Gasteiger partial charge in [0.15, 0.2) is 0 Å². The van der Waals surface area contributed by atoms with Crippen molar-refractivity contribution in [2.75, 3.05) is 19.6 Å². The Morgan fingerprint density at radius 2 is 1.00 bits per heavy atom. The molecule has 0 amide bonds. The van der Waals surface area contributed by atoms with Crippen LogP contribution in [-0.2, 0) is 31.5 Å². The van der Waals surface area contributed by atoms with Gasteiger partial charge in [-0.25, -0.2) is 0 Å². The van der Waals surface area contributed by atoms with Crippen LogP contribution in [0.1, 0.15) is 0 Å². The van der Waals surface area contributed by atoms with Crippen LogP contribution in [0.5, 0.6) is 0 Å². The number of carbonyl (C=O) groups excluding carboxylic acids is 3. The number of hydrogen-bond acceptors (Lipinski definition) is 7. The molecule has 0 aromatic heterocycles. The van der Waals surface area contributed by atoms with Crippen molar-refractivity contribution in [3.63, 3.8) is 0 Å². The maximum atomic E-state index is 9.99. The predicted octanol–water partition coefficient (Wildman–Crippen LogP) is -5.46. The molecule has 0 heterocycles. The molecule has 0 atom stereocenters. The summed E-state index contributed by atoms with van der Waals surface area (Å²) >= 11 is 0. The number of hydrogen-bond donors (Lipinski definition) is 0. The van der Waals surface area contributed by atoms with Gasteiger partial charge in [0.2, 0.25) is 0 Å². The van der Waals surface area contributed by atoms with Gasteiger partial charge in [0, 0.05) is 19.6 Å². The maximum absolute atomic E-state index is 9.99. The second-order valence-corrected chi connectivity index (χ2v) is 2.26. The predicted molar refractivity (Wildman–Crippen MR) is 31.5 cm³/mol. The number of carboxylic acids is 3. The van der Waals surface area contributed by atoms with E-state index >= 15 is 0 Å². The molecule has 0 bridgehead atoms. The summed E-state index contributed by atoms with van der Waals surface area (Å²) in [6.45, 7) is -2.37. The molecule has 0 aliphatic heterocycles. The quantitative estimate of drug-likeness (QED) is 0.427. The zero-order chi connectivity index (χ0) is 10.4. The van der Waals surface area contributed by atoms with Gasteiger partial charge in [-0.05, 0) is 0 Å². The van der Waals surface area contributed by atoms with E-state index in [9.17, 15) is 29.7 Å². The first-order valence-corrected chi connectivity index (χ1v) is 3.23. The summed E-state index contributed by atoms with van der Waals surface area (Å²) in [5.74, 6) is -4.70. The van der Waals surface area contributed by atoms with Crippen LogP contribution in [0.4, 0.5) is 0 Å². The van der Waals surface area contributed by atoms with Crippen molar-refractivity contribution in [2.45, 2.75) is 0 Å². The Hall–Kier alpha value is -1.11. The fourth-order valence-corrected chi connectivity index (χ4v) is 0.715. The van der Waals surface area contributed by atoms with Crippen molar-refractivity contribution in [1.29, 1.82) is 0 Å². The first-order valence-electron chi connectivity index (χ1n) is 3.23. The molecule has 8 heteroatoms. The molecule has 14 heavy (non-hydrogen) atoms. The monoisotopic (exact) mass is 244 g/mol. The minimum atomic E-state index is -1.57. The van der Waals surface area contributed by atoms with E-state index in [1.165, 1.54) is 0 Å². The number of aliphatic carboxylic acids is 3. The van der Waals surface area contributed by atoms with Crippen LogP contribution in [-0.4, -0.2) is 42.4 Å². The number of rotatable bonds is 6. The standard InChI is InChI=1S/C6H9NO6.Fe/c8-4(9)1-7(2-5(10)11)3-6(12)13;/h1-3H2,(H,8,9)(H,10,11)(H,12,13);/q;+4/p-3. The average Bonchev–Trinajstić information content (AvgIpc) is 1.80. The SMILES string of the molecule is O=C([O-])CN(CC(=O)[O-])CC(=O)[O-].[Fe+4]. The second kappa shape index (κ2) is 7.31. The number of nitrogens with zero attached hydrogens (tertiary/aromatic N) is 1. The summed E-state index contributed by atoms with van der Waals surface area (Å²) in [5, 5.41) is 30.0. The van der Waals surface area contributed by atoms with E-state index < -0.39 is 37.5 Å². The summed E-state index contributed by atoms with van der Waals surface area (Å²) in [4.78, 5) is 30.6. The zero-order valence-electron chi connectivity index (χ0n) is 6.87. The average molecular weight is 244 g/mol. The fourth-order valence-electron chi connectivity index (χ4n) is 0.715. The minimum Gasteiger partial charge on any atom is -0.549 e. The first kappa shape index (κ1) is 15.4. The molecule has 0 unspecified atom stereocenters. The Kier molecular flexibility index (Phi) is 8.02. The molecule has 0 rings (SSSR count). The molecule has 0 aliphatic rings. The van der Waals surface area contributed by atoms with Crippen LogP contribution in [0.2, 0.25) is 0 Å². The molecule has 0 saturated carbocycles. The third-order valence-corrected chi connectivity index (χ3v) is 1.06. The van der Waals surface area contributed by atoms with Gasteiger partial charge in [-0.2, -0.15) is 0 Å². The molecule has 0 spiro atoms. The van der Waals surface area contributed by atoms with Crippen LogP contribution in [0, 0.1) is 0 Å². The van der Waals surface area contributed by atoms with Crippen LogP contribution < -0.4 is 15.3 Å². The normalized spacial score (nSPS) is 9.21. The summed E-state index contributed by atoms with van der Waals surface area (Å²) < 4.78 is 0. The molecule has 0 saturated heterocycles. The van der Waals surface area contributed by atoms with Crippen molar-refractivity contribution in [2.24, 2.45) is 0 Å². The number of carbonyl (C=O) groups is 3. The van der Waals surface area contributed by atoms with Gasteiger partial charge >= 0.3 is 17.1 Å². The van der Waals surface area contributed by atoms with Crippen molar-refractivity contribution in [3.05, 3.63) is 0 Å². The molecule has 0 radical (unpaired) electrons. The Morgan fingerprint density at radius 1 is 0.786 bits per heavy atom. The van der Waals surface area contributed by atoms with Gasteiger partial charge in [0.1, 0.15) is 0 Å². The van der Waals surface area contributed by atoms with Gasteiger partial charge in [-0.15, -0.1) is 0 Å². The van der Waals surface area contributed by atoms with E-state index in [0.29, 0.717) is 4.90 Å². The summed E-state index contributed by atoms with van der Waals surface area (Å²) in [6, 6.07) is 0. The van der Waals surface area contributed by atoms with E-state index in [2.05, 4.69) is 0 Å². The third-order valence-electron chi connectivity index (χ3n) is 1.06. The Morgan fingerprint density at radius 3 is 1.14 bits per heavy atom. The van der Waals surface area contributed by atoms with Crippen molar-refractivity contribution >= 4 is 17.9 Å². The zero-order valence-corrected chi connectivity index (χ0v) is 7.98. The summed E-state index contributed by atoms with van der Waals surface area (Å²) in [7, 11) is 0. The van der Waals surface area contributed by atoms with E-state index in [0.717, 1.165) is 0 Å². The topological polar surface area (TPSA) is 124 Å². The molecule has 0 fully saturated rings. The second-order valence-electron chi connectivity index (χ2n) is 2.26. The van der Waals surface area contributed by atoms with Crippen molar-refractivity contribution in [3.8, 4) is 0 Å². The molecular weight excluding hydrogens is 238 g/mol. The van der Waals surface area contributed by atoms with Crippen LogP contribution in [0.25, 0.3) is 0 Å². The van der Waals surface area contributed by atoms with Gasteiger partial charge < -0.3 is 29.7 Å².